The molecule has 0 fully saturated rings. The monoisotopic (exact) mass is 1010 g/mol. The third kappa shape index (κ3) is 9.69. The largest absolute Gasteiger partial charge is 1.00 e. The molecule has 0 bridgehead atoms. The van der Waals surface area contributed by atoms with E-state index in [2.05, 4.69) is 303 Å². The summed E-state index contributed by atoms with van der Waals surface area (Å²) < 4.78 is 0. The minimum absolute atomic E-state index is 0. The normalized spacial score (nSPS) is 11.2. The molecule has 0 aromatic heterocycles. The summed E-state index contributed by atoms with van der Waals surface area (Å²) in [7, 11) is 4.73. The van der Waals surface area contributed by atoms with E-state index in [0.29, 0.717) is 0 Å². The summed E-state index contributed by atoms with van der Waals surface area (Å²) in [5.41, 5.74) is 8.65. The van der Waals surface area contributed by atoms with E-state index in [9.17, 15) is 0 Å². The predicted molar refractivity (Wildman–Crippen MR) is 341 cm³/mol. The van der Waals surface area contributed by atoms with E-state index in [1.54, 1.807) is 0 Å². The molecule has 0 aliphatic rings. The number of anilines is 6. The zero-order chi connectivity index (χ0) is 52.5. The van der Waals surface area contributed by atoms with Gasteiger partial charge in [0.2, 0.25) is 0 Å². The van der Waals surface area contributed by atoms with Gasteiger partial charge in [-0.3, -0.25) is 0 Å². The zero-order valence-electron chi connectivity index (χ0n) is 44.3. The van der Waals surface area contributed by atoms with Crippen molar-refractivity contribution in [3.63, 3.8) is 0 Å². The molecule has 15 rings (SSSR count). The summed E-state index contributed by atoms with van der Waals surface area (Å²) in [5.74, 6) is 0. The van der Waals surface area contributed by atoms with Crippen LogP contribution in [-0.2, 0) is 0 Å². The van der Waals surface area contributed by atoms with Crippen LogP contribution >= 0.6 is 0 Å². The maximum atomic E-state index is 3.86. The van der Waals surface area contributed by atoms with Crippen LogP contribution in [0.3, 0.4) is 0 Å². The predicted octanol–water partition coefficient (Wildman–Crippen LogP) is 15.1. The van der Waals surface area contributed by atoms with Crippen LogP contribution in [-0.4, -0.2) is 14.8 Å². The van der Waals surface area contributed by atoms with Crippen LogP contribution in [0, 0.1) is 12.1 Å². The molecule has 3 radical (unpaired) electrons. The Kier molecular flexibility index (Phi) is 13.8. The number of nitrogens with zero attached hydrogens (tertiary/aromatic N) is 2. The van der Waals surface area contributed by atoms with E-state index in [1.165, 1.54) is 43.1 Å². The van der Waals surface area contributed by atoms with Crippen LogP contribution in [0.25, 0.3) is 86.2 Å². The van der Waals surface area contributed by atoms with Gasteiger partial charge in [-0.05, 0) is 108 Å². The summed E-state index contributed by atoms with van der Waals surface area (Å²) >= 11 is 0. The molecule has 0 amide bonds. The first-order valence-corrected chi connectivity index (χ1v) is 26.9. The average molecular weight is 1010 g/mol. The zero-order valence-corrected chi connectivity index (χ0v) is 44.3. The molecule has 1 N–H and O–H groups in total. The van der Waals surface area contributed by atoms with Crippen molar-refractivity contribution in [2.75, 3.05) is 14.9 Å². The minimum atomic E-state index is 0. The summed E-state index contributed by atoms with van der Waals surface area (Å²) in [6.45, 7) is 0. The maximum absolute atomic E-state index is 3.86. The van der Waals surface area contributed by atoms with Crippen molar-refractivity contribution in [2.45, 2.75) is 0 Å². The Balaban J connectivity index is 0.000000494. The number of rotatable bonds is 10. The molecule has 0 saturated carbocycles. The first kappa shape index (κ1) is 50.0. The van der Waals surface area contributed by atoms with Crippen LogP contribution in [0.15, 0.2) is 291 Å². The van der Waals surface area contributed by atoms with Gasteiger partial charge in [-0.15, -0.1) is 51.9 Å². The standard InChI is InChI=1S/C64H42B2N3.C10H7.Li/c1-4-20-48-40-51(37-34-43(48)16-1)67-59-31-13-24-47-25-15-33-61(62(47)59)69(53-39-36-45-18-3-6-22-50(45)42-53)66-64-57-29-11-9-27-55(57)63(56-28-10-12-30-58(56)64)65-68(52-38-35-44-17-2-5-21-49(44)41-52)60-32-14-23-46-19-7-8-26-54(46)60;1-2-6-10-8-4-3-7-9(10)5-1;/h1-25,27-42,67H;1-3,5-8H;/q-2;-1;+1. The summed E-state index contributed by atoms with van der Waals surface area (Å²) in [5, 5.41) is 22.7. The fourth-order valence-corrected chi connectivity index (χ4v) is 11.4. The topological polar surface area (TPSA) is 18.5 Å². The molecule has 0 spiro atoms. The summed E-state index contributed by atoms with van der Waals surface area (Å²) in [4.78, 5) is 4.77. The molecular formula is C74H49B2LiN3-2. The number of nitrogens with one attached hydrogen (secondary N) is 1. The first-order valence-electron chi connectivity index (χ1n) is 26.9. The van der Waals surface area contributed by atoms with Crippen molar-refractivity contribution in [1.82, 2.24) is 0 Å². The Morgan fingerprint density at radius 2 is 0.875 bits per heavy atom. The van der Waals surface area contributed by atoms with Crippen molar-refractivity contribution in [3.05, 3.63) is 303 Å². The van der Waals surface area contributed by atoms with Crippen molar-refractivity contribution < 1.29 is 18.9 Å². The van der Waals surface area contributed by atoms with Crippen molar-refractivity contribution in [2.24, 2.45) is 0 Å². The van der Waals surface area contributed by atoms with Crippen LogP contribution in [0.2, 0.25) is 0 Å². The molecule has 0 unspecified atom stereocenters. The molecule has 0 saturated heterocycles. The molecule has 0 atom stereocenters. The second kappa shape index (κ2) is 22.1. The Bertz CT molecular complexity index is 4640. The van der Waals surface area contributed by atoms with Crippen LogP contribution in [0.4, 0.5) is 34.1 Å². The molecule has 6 heteroatoms. The van der Waals surface area contributed by atoms with Gasteiger partial charge < -0.3 is 14.9 Å². The summed E-state index contributed by atoms with van der Waals surface area (Å²) in [6, 6.07) is 111. The Morgan fingerprint density at radius 3 is 1.54 bits per heavy atom. The van der Waals surface area contributed by atoms with Crippen LogP contribution in [0.1, 0.15) is 0 Å². The molecule has 369 valence electrons. The number of benzene rings is 15. The van der Waals surface area contributed by atoms with Gasteiger partial charge in [-0.1, -0.05) is 217 Å². The Hall–Kier alpha value is -9.49. The second-order valence-corrected chi connectivity index (χ2v) is 20.0. The fraction of sp³-hybridized carbons (Fsp3) is 0. The van der Waals surface area contributed by atoms with Crippen LogP contribution in [0.5, 0.6) is 0 Å². The number of hydrogen-bond acceptors (Lipinski definition) is 3. The Morgan fingerprint density at radius 1 is 0.375 bits per heavy atom. The van der Waals surface area contributed by atoms with E-state index in [0.717, 1.165) is 88.1 Å². The van der Waals surface area contributed by atoms with Gasteiger partial charge in [0.25, 0.3) is 7.41 Å². The van der Waals surface area contributed by atoms with Gasteiger partial charge in [0.05, 0.1) is 0 Å². The molecule has 15 aromatic carbocycles. The van der Waals surface area contributed by atoms with Crippen LogP contribution < -0.4 is 44.7 Å². The second-order valence-electron chi connectivity index (χ2n) is 20.0. The van der Waals surface area contributed by atoms with Gasteiger partial charge in [0, 0.05) is 28.1 Å². The third-order valence-electron chi connectivity index (χ3n) is 15.3. The average Bonchev–Trinajstić information content (AvgIpc) is 3.71. The van der Waals surface area contributed by atoms with Gasteiger partial charge in [0.1, 0.15) is 0 Å². The Labute approximate surface area is 480 Å². The van der Waals surface area contributed by atoms with E-state index in [-0.39, 0.29) is 18.9 Å². The quantitative estimate of drug-likeness (QED) is 0.0837. The van der Waals surface area contributed by atoms with Gasteiger partial charge in [-0.2, -0.15) is 31.7 Å². The summed E-state index contributed by atoms with van der Waals surface area (Å²) in [6.07, 6.45) is 0. The molecule has 0 heterocycles. The van der Waals surface area contributed by atoms with Gasteiger partial charge in [0.15, 0.2) is 0 Å². The smallest absolute Gasteiger partial charge is 0.616 e. The minimum Gasteiger partial charge on any atom is -0.616 e. The first-order chi connectivity index (χ1) is 39.2. The number of fused-ring (bicyclic) bond motifs is 8. The molecule has 15 aromatic rings. The molecule has 3 nitrogen and oxygen atoms in total. The van der Waals surface area contributed by atoms with E-state index in [4.69, 9.17) is 0 Å². The van der Waals surface area contributed by atoms with Crippen molar-refractivity contribution >= 4 is 146 Å². The van der Waals surface area contributed by atoms with Gasteiger partial charge >= 0.3 is 18.9 Å². The number of hydrogen-bond donors (Lipinski definition) is 1. The molecular weight excluding hydrogens is 959 g/mol. The maximum Gasteiger partial charge on any atom is 1.00 e. The molecule has 80 heavy (non-hydrogen) atoms. The molecule has 0 aliphatic carbocycles. The third-order valence-corrected chi connectivity index (χ3v) is 15.3. The van der Waals surface area contributed by atoms with E-state index < -0.39 is 0 Å². The van der Waals surface area contributed by atoms with Crippen molar-refractivity contribution in [1.29, 1.82) is 0 Å². The molecule has 0 aliphatic heterocycles. The SMILES string of the molecule is [B](c1c2ccccc2c([B-]N(c2ccc3ccccc3c2)c2cccc3ccc[c-]c23)c2ccccc12)N(c1ccc2ccccc2c1)c1cccc2cccc(Nc3ccc4ccccc4c3)c12.[Li+].[c-]1ccc2ccccc2c1. The van der Waals surface area contributed by atoms with E-state index >= 15 is 0 Å². The van der Waals surface area contributed by atoms with Gasteiger partial charge in [-0.25, -0.2) is 5.46 Å². The van der Waals surface area contributed by atoms with Crippen molar-refractivity contribution in [3.8, 4) is 0 Å². The fourth-order valence-electron chi connectivity index (χ4n) is 11.4. The van der Waals surface area contributed by atoms with E-state index in [1.807, 2.05) is 30.3 Å².